The van der Waals surface area contributed by atoms with Gasteiger partial charge < -0.3 is 10.6 Å². The topological polar surface area (TPSA) is 76.2 Å². The fraction of sp³-hybridized carbons (Fsp3) is 0.550. The average Bonchev–Trinajstić information content (AvgIpc) is 3.02. The Kier molecular flexibility index (Phi) is 9.62. The maximum Gasteiger partial charge on any atom is 0.345 e. The maximum absolute atomic E-state index is 13.7. The van der Waals surface area contributed by atoms with E-state index in [1.807, 2.05) is 13.0 Å². The Morgan fingerprint density at radius 3 is 2.86 bits per heavy atom. The molecule has 0 spiro atoms. The molecule has 0 saturated carbocycles. The second-order valence-electron chi connectivity index (χ2n) is 6.91. The minimum absolute atomic E-state index is 0. The van der Waals surface area contributed by atoms with Crippen LogP contribution in [0, 0.1) is 5.82 Å². The van der Waals surface area contributed by atoms with Crippen molar-refractivity contribution in [2.75, 3.05) is 19.6 Å². The van der Waals surface area contributed by atoms with Crippen molar-refractivity contribution in [1.29, 1.82) is 0 Å². The largest absolute Gasteiger partial charge is 0.357 e. The lowest BCUT2D eigenvalue weighted by molar-refractivity contribution is 0.509. The zero-order valence-corrected chi connectivity index (χ0v) is 19.2. The van der Waals surface area contributed by atoms with Gasteiger partial charge in [0.15, 0.2) is 5.96 Å². The number of benzene rings is 1. The molecule has 160 valence electrons. The van der Waals surface area contributed by atoms with Crippen molar-refractivity contribution in [2.24, 2.45) is 4.99 Å². The molecule has 0 saturated heterocycles. The quantitative estimate of drug-likeness (QED) is 0.245. The van der Waals surface area contributed by atoms with Gasteiger partial charge >= 0.3 is 5.69 Å². The van der Waals surface area contributed by atoms with Crippen LogP contribution in [0.15, 0.2) is 34.1 Å². The summed E-state index contributed by atoms with van der Waals surface area (Å²) in [6.07, 6.45) is 4.36. The summed E-state index contributed by atoms with van der Waals surface area (Å²) in [4.78, 5) is 16.9. The minimum atomic E-state index is -0.181. The number of hydrogen-bond donors (Lipinski definition) is 2. The normalized spacial score (nSPS) is 13.5. The lowest BCUT2D eigenvalue weighted by atomic mass is 10.1. The highest BCUT2D eigenvalue weighted by atomic mass is 127. The van der Waals surface area contributed by atoms with E-state index in [9.17, 15) is 9.18 Å². The molecule has 0 atom stereocenters. The Bertz CT molecular complexity index is 863. The van der Waals surface area contributed by atoms with E-state index in [0.29, 0.717) is 37.6 Å². The summed E-state index contributed by atoms with van der Waals surface area (Å²) in [6, 6.07) is 6.81. The molecule has 0 aliphatic carbocycles. The molecule has 1 aromatic heterocycles. The molecule has 1 aliphatic rings. The Hall–Kier alpha value is -1.91. The molecule has 0 amide bonds. The molecule has 7 nitrogen and oxygen atoms in total. The molecule has 1 aliphatic heterocycles. The highest BCUT2D eigenvalue weighted by molar-refractivity contribution is 14.0. The zero-order chi connectivity index (χ0) is 19.8. The lowest BCUT2D eigenvalue weighted by Crippen LogP contribution is -2.38. The summed E-state index contributed by atoms with van der Waals surface area (Å²) < 4.78 is 17.0. The van der Waals surface area contributed by atoms with Crippen LogP contribution in [0.25, 0.3) is 0 Å². The standard InChI is InChI=1S/C20H29FN6O.HI/c1-2-22-19(24-13-11-16-8-3-4-9-17(16)21)23-12-7-15-27-20(28)26-14-6-5-10-18(26)25-27;/h3-4,8-9H,2,5-7,10-15H2,1H3,(H2,22,23,24);1H. The SMILES string of the molecule is CCNC(=NCCCn1nc2n(c1=O)CCCC2)NCCc1ccccc1F.I. The van der Waals surface area contributed by atoms with E-state index in [2.05, 4.69) is 20.7 Å². The van der Waals surface area contributed by atoms with Crippen LogP contribution in [-0.2, 0) is 25.9 Å². The molecular formula is C20H30FIN6O. The number of hydrogen-bond acceptors (Lipinski definition) is 3. The lowest BCUT2D eigenvalue weighted by Gasteiger charge is -2.11. The van der Waals surface area contributed by atoms with Crippen molar-refractivity contribution in [3.05, 3.63) is 52.0 Å². The first-order chi connectivity index (χ1) is 13.7. The Balaban J connectivity index is 0.00000300. The number of nitrogens with one attached hydrogen (secondary N) is 2. The Morgan fingerprint density at radius 1 is 1.28 bits per heavy atom. The van der Waals surface area contributed by atoms with E-state index in [1.54, 1.807) is 21.4 Å². The van der Waals surface area contributed by atoms with Gasteiger partial charge in [0.2, 0.25) is 0 Å². The van der Waals surface area contributed by atoms with E-state index >= 15 is 0 Å². The summed E-state index contributed by atoms with van der Waals surface area (Å²) >= 11 is 0. The molecule has 2 aromatic rings. The van der Waals surface area contributed by atoms with E-state index in [4.69, 9.17) is 0 Å². The first-order valence-corrected chi connectivity index (χ1v) is 10.1. The molecule has 0 radical (unpaired) electrons. The van der Waals surface area contributed by atoms with Crippen LogP contribution in [-0.4, -0.2) is 39.9 Å². The van der Waals surface area contributed by atoms with Gasteiger partial charge in [0, 0.05) is 39.1 Å². The highest BCUT2D eigenvalue weighted by Gasteiger charge is 2.16. The van der Waals surface area contributed by atoms with Crippen LogP contribution in [0.4, 0.5) is 4.39 Å². The Labute approximate surface area is 187 Å². The molecule has 0 fully saturated rings. The monoisotopic (exact) mass is 516 g/mol. The van der Waals surface area contributed by atoms with Gasteiger partial charge in [-0.15, -0.1) is 24.0 Å². The van der Waals surface area contributed by atoms with Gasteiger partial charge in [-0.1, -0.05) is 18.2 Å². The fourth-order valence-corrected chi connectivity index (χ4v) is 3.36. The summed E-state index contributed by atoms with van der Waals surface area (Å²) in [5, 5.41) is 10.9. The van der Waals surface area contributed by atoms with Crippen LogP contribution >= 0.6 is 24.0 Å². The molecule has 0 bridgehead atoms. The van der Waals surface area contributed by atoms with Crippen molar-refractivity contribution in [2.45, 2.75) is 52.1 Å². The highest BCUT2D eigenvalue weighted by Crippen LogP contribution is 2.09. The summed E-state index contributed by atoms with van der Waals surface area (Å²) in [5.41, 5.74) is 0.683. The number of nitrogens with zero attached hydrogens (tertiary/aromatic N) is 4. The second-order valence-corrected chi connectivity index (χ2v) is 6.91. The van der Waals surface area contributed by atoms with Crippen molar-refractivity contribution in [3.8, 4) is 0 Å². The number of halogens is 2. The fourth-order valence-electron chi connectivity index (χ4n) is 3.36. The van der Waals surface area contributed by atoms with Gasteiger partial charge in [-0.05, 0) is 44.2 Å². The average molecular weight is 516 g/mol. The maximum atomic E-state index is 13.7. The van der Waals surface area contributed by atoms with E-state index in [-0.39, 0.29) is 35.5 Å². The van der Waals surface area contributed by atoms with Crippen molar-refractivity contribution in [1.82, 2.24) is 25.0 Å². The summed E-state index contributed by atoms with van der Waals surface area (Å²) in [7, 11) is 0. The van der Waals surface area contributed by atoms with Crippen LogP contribution < -0.4 is 16.3 Å². The third-order valence-electron chi connectivity index (χ3n) is 4.82. The van der Waals surface area contributed by atoms with Crippen LogP contribution in [0.1, 0.15) is 37.6 Å². The third kappa shape index (κ3) is 6.55. The predicted molar refractivity (Wildman–Crippen MR) is 124 cm³/mol. The first-order valence-electron chi connectivity index (χ1n) is 10.1. The number of aliphatic imine (C=N–C) groups is 1. The van der Waals surface area contributed by atoms with Crippen molar-refractivity contribution >= 4 is 29.9 Å². The van der Waals surface area contributed by atoms with Crippen LogP contribution in [0.3, 0.4) is 0 Å². The molecule has 2 N–H and O–H groups in total. The number of aromatic nitrogens is 3. The van der Waals surface area contributed by atoms with Crippen molar-refractivity contribution in [3.63, 3.8) is 0 Å². The van der Waals surface area contributed by atoms with E-state index in [1.165, 1.54) is 6.07 Å². The Morgan fingerprint density at radius 2 is 2.10 bits per heavy atom. The molecule has 0 unspecified atom stereocenters. The molecule has 1 aromatic carbocycles. The van der Waals surface area contributed by atoms with Gasteiger partial charge in [0.1, 0.15) is 11.6 Å². The summed E-state index contributed by atoms with van der Waals surface area (Å²) in [6.45, 7) is 5.28. The minimum Gasteiger partial charge on any atom is -0.357 e. The second kappa shape index (κ2) is 11.9. The molecular weight excluding hydrogens is 486 g/mol. The number of rotatable bonds is 8. The number of fused-ring (bicyclic) bond motifs is 1. The number of guanidine groups is 1. The van der Waals surface area contributed by atoms with Gasteiger partial charge in [-0.25, -0.2) is 13.9 Å². The molecule has 2 heterocycles. The van der Waals surface area contributed by atoms with Crippen molar-refractivity contribution < 1.29 is 4.39 Å². The predicted octanol–water partition coefficient (Wildman–Crippen LogP) is 2.33. The first kappa shape index (κ1) is 23.4. The van der Waals surface area contributed by atoms with E-state index in [0.717, 1.165) is 44.6 Å². The zero-order valence-electron chi connectivity index (χ0n) is 16.9. The van der Waals surface area contributed by atoms with Gasteiger partial charge in [-0.2, -0.15) is 5.10 Å². The molecule has 3 rings (SSSR count). The summed E-state index contributed by atoms with van der Waals surface area (Å²) in [5.74, 6) is 1.43. The van der Waals surface area contributed by atoms with Crippen LogP contribution in [0.5, 0.6) is 0 Å². The van der Waals surface area contributed by atoms with Crippen LogP contribution in [0.2, 0.25) is 0 Å². The molecule has 29 heavy (non-hydrogen) atoms. The van der Waals surface area contributed by atoms with Gasteiger partial charge in [0.25, 0.3) is 0 Å². The third-order valence-corrected chi connectivity index (χ3v) is 4.82. The van der Waals surface area contributed by atoms with E-state index < -0.39 is 0 Å². The van der Waals surface area contributed by atoms with Gasteiger partial charge in [0.05, 0.1) is 0 Å². The number of aryl methyl sites for hydroxylation is 2. The van der Waals surface area contributed by atoms with Gasteiger partial charge in [-0.3, -0.25) is 9.56 Å². The molecule has 9 heteroatoms. The smallest absolute Gasteiger partial charge is 0.345 e.